The molecule has 5 nitrogen and oxygen atoms in total. The molecular formula is C14H12N2O3. The maximum Gasteiger partial charge on any atom is 0.203 e. The summed E-state index contributed by atoms with van der Waals surface area (Å²) in [6, 6.07) is 11.1. The third-order valence-corrected chi connectivity index (χ3v) is 2.78. The van der Waals surface area contributed by atoms with Gasteiger partial charge in [-0.2, -0.15) is 5.26 Å². The summed E-state index contributed by atoms with van der Waals surface area (Å²) in [5, 5.41) is 11.9. The molecule has 0 fully saturated rings. The van der Waals surface area contributed by atoms with Crippen LogP contribution >= 0.6 is 0 Å². The van der Waals surface area contributed by atoms with Gasteiger partial charge in [-0.3, -0.25) is 0 Å². The Morgan fingerprint density at radius 2 is 1.95 bits per heavy atom. The molecule has 1 aromatic heterocycles. The molecule has 5 heteroatoms. The van der Waals surface area contributed by atoms with E-state index in [1.807, 2.05) is 24.3 Å². The van der Waals surface area contributed by atoms with Crippen LogP contribution in [0.1, 0.15) is 11.5 Å². The second-order valence-corrected chi connectivity index (χ2v) is 4.09. The summed E-state index contributed by atoms with van der Waals surface area (Å²) in [6.45, 7) is 1.67. The van der Waals surface area contributed by atoms with Gasteiger partial charge in [0.2, 0.25) is 5.76 Å². The van der Waals surface area contributed by atoms with Crippen molar-refractivity contribution in [2.24, 2.45) is 0 Å². The Balaban J connectivity index is 1.68. The molecule has 96 valence electrons. The first kappa shape index (κ1) is 11.5. The van der Waals surface area contributed by atoms with Crippen LogP contribution in [-0.2, 0) is 6.54 Å². The van der Waals surface area contributed by atoms with E-state index in [9.17, 15) is 0 Å². The van der Waals surface area contributed by atoms with E-state index < -0.39 is 0 Å². The molecule has 0 spiro atoms. The molecule has 0 aliphatic carbocycles. The molecule has 1 aliphatic heterocycles. The molecule has 1 aromatic carbocycles. The van der Waals surface area contributed by atoms with Crippen molar-refractivity contribution in [1.82, 2.24) is 0 Å². The van der Waals surface area contributed by atoms with E-state index in [0.717, 1.165) is 17.2 Å². The molecule has 19 heavy (non-hydrogen) atoms. The predicted molar refractivity (Wildman–Crippen MR) is 68.2 cm³/mol. The number of nitriles is 1. The number of furan rings is 1. The van der Waals surface area contributed by atoms with Crippen molar-refractivity contribution in [2.45, 2.75) is 6.54 Å². The van der Waals surface area contributed by atoms with Crippen molar-refractivity contribution >= 4 is 5.69 Å². The van der Waals surface area contributed by atoms with E-state index in [1.165, 1.54) is 0 Å². The summed E-state index contributed by atoms with van der Waals surface area (Å²) in [5.74, 6) is 2.54. The molecule has 3 rings (SSSR count). The SMILES string of the molecule is N#Cc1ccc(CNc2ccc3c(c2)OCCO3)o1. The minimum absolute atomic E-state index is 0.318. The highest BCUT2D eigenvalue weighted by molar-refractivity contribution is 5.55. The topological polar surface area (TPSA) is 67.4 Å². The van der Waals surface area contributed by atoms with Crippen LogP contribution in [0.2, 0.25) is 0 Å². The highest BCUT2D eigenvalue weighted by atomic mass is 16.6. The summed E-state index contributed by atoms with van der Waals surface area (Å²) in [5.41, 5.74) is 0.916. The lowest BCUT2D eigenvalue weighted by Gasteiger charge is -2.19. The van der Waals surface area contributed by atoms with Gasteiger partial charge in [0.05, 0.1) is 6.54 Å². The monoisotopic (exact) mass is 256 g/mol. The number of fused-ring (bicyclic) bond motifs is 1. The second kappa shape index (κ2) is 4.94. The smallest absolute Gasteiger partial charge is 0.203 e. The highest BCUT2D eigenvalue weighted by Crippen LogP contribution is 2.32. The summed E-state index contributed by atoms with van der Waals surface area (Å²) >= 11 is 0. The summed E-state index contributed by atoms with van der Waals surface area (Å²) in [4.78, 5) is 0. The van der Waals surface area contributed by atoms with Crippen LogP contribution in [-0.4, -0.2) is 13.2 Å². The molecule has 0 saturated carbocycles. The zero-order valence-electron chi connectivity index (χ0n) is 10.2. The van der Waals surface area contributed by atoms with E-state index >= 15 is 0 Å². The first-order valence-corrected chi connectivity index (χ1v) is 5.97. The van der Waals surface area contributed by atoms with Crippen molar-refractivity contribution in [3.8, 4) is 17.6 Å². The summed E-state index contributed by atoms with van der Waals surface area (Å²) in [7, 11) is 0. The van der Waals surface area contributed by atoms with Crippen molar-refractivity contribution in [3.63, 3.8) is 0 Å². The molecule has 0 radical (unpaired) electrons. The number of nitrogens with one attached hydrogen (secondary N) is 1. The van der Waals surface area contributed by atoms with Crippen molar-refractivity contribution in [3.05, 3.63) is 41.9 Å². The van der Waals surface area contributed by atoms with Gasteiger partial charge in [0.1, 0.15) is 25.0 Å². The quantitative estimate of drug-likeness (QED) is 0.914. The van der Waals surface area contributed by atoms with Crippen LogP contribution < -0.4 is 14.8 Å². The van der Waals surface area contributed by atoms with Gasteiger partial charge in [0, 0.05) is 11.8 Å². The van der Waals surface area contributed by atoms with E-state index in [4.69, 9.17) is 19.2 Å². The number of ether oxygens (including phenoxy) is 2. The fraction of sp³-hybridized carbons (Fsp3) is 0.214. The van der Waals surface area contributed by atoms with Crippen LogP contribution in [0.3, 0.4) is 0 Å². The lowest BCUT2D eigenvalue weighted by molar-refractivity contribution is 0.171. The summed E-state index contributed by atoms with van der Waals surface area (Å²) in [6.07, 6.45) is 0. The van der Waals surface area contributed by atoms with Crippen LogP contribution in [0.15, 0.2) is 34.7 Å². The van der Waals surface area contributed by atoms with E-state index in [-0.39, 0.29) is 0 Å². The Kier molecular flexibility index (Phi) is 2.99. The maximum atomic E-state index is 8.67. The Morgan fingerprint density at radius 1 is 1.11 bits per heavy atom. The van der Waals surface area contributed by atoms with Gasteiger partial charge in [-0.05, 0) is 24.3 Å². The number of hydrogen-bond donors (Lipinski definition) is 1. The van der Waals surface area contributed by atoms with E-state index in [1.54, 1.807) is 12.1 Å². The molecule has 1 aliphatic rings. The average Bonchev–Trinajstić information content (AvgIpc) is 2.93. The number of anilines is 1. The average molecular weight is 256 g/mol. The molecule has 0 bridgehead atoms. The van der Waals surface area contributed by atoms with Gasteiger partial charge in [0.25, 0.3) is 0 Å². The van der Waals surface area contributed by atoms with E-state index in [2.05, 4.69) is 5.32 Å². The Labute approximate surface area is 110 Å². The normalized spacial score (nSPS) is 12.8. The zero-order valence-corrected chi connectivity index (χ0v) is 10.2. The van der Waals surface area contributed by atoms with Gasteiger partial charge in [-0.25, -0.2) is 0 Å². The number of rotatable bonds is 3. The lowest BCUT2D eigenvalue weighted by atomic mass is 10.2. The third kappa shape index (κ3) is 2.47. The molecule has 2 aromatic rings. The maximum absolute atomic E-state index is 8.67. The standard InChI is InChI=1S/C14H12N2O3/c15-8-11-2-3-12(19-11)9-16-10-1-4-13-14(7-10)18-6-5-17-13/h1-4,7,16H,5-6,9H2. The van der Waals surface area contributed by atoms with Gasteiger partial charge in [-0.15, -0.1) is 0 Å². The van der Waals surface area contributed by atoms with Crippen LogP contribution in [0.25, 0.3) is 0 Å². The first-order chi connectivity index (χ1) is 9.35. The molecule has 0 atom stereocenters. The Hall–Kier alpha value is -2.61. The fourth-order valence-electron chi connectivity index (χ4n) is 1.88. The van der Waals surface area contributed by atoms with E-state index in [0.29, 0.717) is 31.3 Å². The second-order valence-electron chi connectivity index (χ2n) is 4.09. The Bertz CT molecular complexity index is 628. The third-order valence-electron chi connectivity index (χ3n) is 2.78. The predicted octanol–water partition coefficient (Wildman–Crippen LogP) is 2.53. The van der Waals surface area contributed by atoms with Crippen LogP contribution in [0.4, 0.5) is 5.69 Å². The molecule has 0 saturated heterocycles. The lowest BCUT2D eigenvalue weighted by Crippen LogP contribution is -2.15. The minimum atomic E-state index is 0.318. The van der Waals surface area contributed by atoms with Crippen molar-refractivity contribution < 1.29 is 13.9 Å². The minimum Gasteiger partial charge on any atom is -0.486 e. The first-order valence-electron chi connectivity index (χ1n) is 5.97. The van der Waals surface area contributed by atoms with Crippen molar-refractivity contribution in [2.75, 3.05) is 18.5 Å². The van der Waals surface area contributed by atoms with Crippen molar-refractivity contribution in [1.29, 1.82) is 5.26 Å². The Morgan fingerprint density at radius 3 is 2.74 bits per heavy atom. The number of nitrogens with zero attached hydrogens (tertiary/aromatic N) is 1. The highest BCUT2D eigenvalue weighted by Gasteiger charge is 2.11. The molecular weight excluding hydrogens is 244 g/mol. The van der Waals surface area contributed by atoms with Crippen LogP contribution in [0, 0.1) is 11.3 Å². The number of hydrogen-bond acceptors (Lipinski definition) is 5. The molecule has 1 N–H and O–H groups in total. The van der Waals surface area contributed by atoms with Gasteiger partial charge >= 0.3 is 0 Å². The van der Waals surface area contributed by atoms with Gasteiger partial charge < -0.3 is 19.2 Å². The molecule has 0 amide bonds. The van der Waals surface area contributed by atoms with Gasteiger partial charge in [-0.1, -0.05) is 0 Å². The van der Waals surface area contributed by atoms with Crippen LogP contribution in [0.5, 0.6) is 11.5 Å². The number of benzene rings is 1. The molecule has 2 heterocycles. The molecule has 0 unspecified atom stereocenters. The largest absolute Gasteiger partial charge is 0.486 e. The zero-order chi connectivity index (χ0) is 13.1. The summed E-state index contributed by atoms with van der Waals surface area (Å²) < 4.78 is 16.2. The fourth-order valence-corrected chi connectivity index (χ4v) is 1.88. The van der Waals surface area contributed by atoms with Gasteiger partial charge in [0.15, 0.2) is 11.5 Å².